The van der Waals surface area contributed by atoms with Crippen LogP contribution in [-0.2, 0) is 0 Å². The highest BCUT2D eigenvalue weighted by Gasteiger charge is 2.18. The van der Waals surface area contributed by atoms with Crippen LogP contribution in [0.5, 0.6) is 11.5 Å². The molecule has 0 atom stereocenters. The van der Waals surface area contributed by atoms with Crippen molar-refractivity contribution in [3.63, 3.8) is 0 Å². The first kappa shape index (κ1) is 13.4. The molecule has 0 N–H and O–H groups in total. The summed E-state index contributed by atoms with van der Waals surface area (Å²) in [6.07, 6.45) is 5.45. The molecule has 0 radical (unpaired) electrons. The normalized spacial score (nSPS) is 14.2. The number of nitro benzene ring substituents is 1. The third-order valence-corrected chi connectivity index (χ3v) is 3.43. The first-order valence-corrected chi connectivity index (χ1v) is 6.85. The van der Waals surface area contributed by atoms with Crippen molar-refractivity contribution in [1.29, 1.82) is 0 Å². The van der Waals surface area contributed by atoms with Gasteiger partial charge in [-0.2, -0.15) is 0 Å². The van der Waals surface area contributed by atoms with Gasteiger partial charge in [-0.15, -0.1) is 0 Å². The van der Waals surface area contributed by atoms with Gasteiger partial charge in [0.15, 0.2) is 0 Å². The van der Waals surface area contributed by atoms with Crippen molar-refractivity contribution < 1.29 is 9.66 Å². The number of nitro groups is 1. The summed E-state index contributed by atoms with van der Waals surface area (Å²) >= 11 is 0. The molecule has 2 aromatic rings. The summed E-state index contributed by atoms with van der Waals surface area (Å²) in [5.74, 6) is 1.02. The van der Waals surface area contributed by atoms with Gasteiger partial charge in [-0.25, -0.2) is 0 Å². The Bertz CT molecular complexity index is 640. The van der Waals surface area contributed by atoms with Gasteiger partial charge in [0.05, 0.1) is 17.2 Å². The molecular weight excluding hydrogens is 270 g/mol. The number of aromatic nitrogens is 1. The summed E-state index contributed by atoms with van der Waals surface area (Å²) in [6, 6.07) is 8.40. The Morgan fingerprint density at radius 1 is 1.19 bits per heavy atom. The van der Waals surface area contributed by atoms with Crippen molar-refractivity contribution >= 4 is 11.4 Å². The second kappa shape index (κ2) is 5.78. The Morgan fingerprint density at radius 2 is 2.00 bits per heavy atom. The van der Waals surface area contributed by atoms with E-state index in [1.807, 2.05) is 6.07 Å². The number of rotatable bonds is 4. The predicted molar refractivity (Wildman–Crippen MR) is 78.9 cm³/mol. The lowest BCUT2D eigenvalue weighted by atomic mass is 10.2. The van der Waals surface area contributed by atoms with Gasteiger partial charge in [0.2, 0.25) is 0 Å². The second-order valence-electron chi connectivity index (χ2n) is 4.93. The van der Waals surface area contributed by atoms with E-state index in [2.05, 4.69) is 9.88 Å². The van der Waals surface area contributed by atoms with Gasteiger partial charge in [-0.1, -0.05) is 0 Å². The van der Waals surface area contributed by atoms with Gasteiger partial charge in [0.25, 0.3) is 5.69 Å². The highest BCUT2D eigenvalue weighted by atomic mass is 16.6. The van der Waals surface area contributed by atoms with Crippen LogP contribution in [0.2, 0.25) is 0 Å². The van der Waals surface area contributed by atoms with E-state index < -0.39 is 4.92 Å². The molecule has 6 heteroatoms. The number of ether oxygens (including phenoxy) is 1. The average Bonchev–Trinajstić information content (AvgIpc) is 3.02. The molecule has 6 nitrogen and oxygen atoms in total. The van der Waals surface area contributed by atoms with Crippen LogP contribution in [0.3, 0.4) is 0 Å². The summed E-state index contributed by atoms with van der Waals surface area (Å²) in [7, 11) is 0. The smallest absolute Gasteiger partial charge is 0.275 e. The molecule has 0 saturated carbocycles. The lowest BCUT2D eigenvalue weighted by molar-refractivity contribution is -0.384. The van der Waals surface area contributed by atoms with Crippen molar-refractivity contribution in [1.82, 2.24) is 4.98 Å². The number of benzene rings is 1. The molecule has 1 aromatic heterocycles. The maximum atomic E-state index is 11.1. The molecule has 0 aliphatic carbocycles. The van der Waals surface area contributed by atoms with Crippen molar-refractivity contribution in [3.05, 3.63) is 52.8 Å². The Kier molecular flexibility index (Phi) is 3.68. The molecule has 21 heavy (non-hydrogen) atoms. The summed E-state index contributed by atoms with van der Waals surface area (Å²) in [6.45, 7) is 1.85. The summed E-state index contributed by atoms with van der Waals surface area (Å²) < 4.78 is 5.68. The maximum Gasteiger partial charge on any atom is 0.275 e. The summed E-state index contributed by atoms with van der Waals surface area (Å²) in [5, 5.41) is 11.1. The monoisotopic (exact) mass is 285 g/mol. The molecule has 108 valence electrons. The first-order chi connectivity index (χ1) is 10.2. The fourth-order valence-corrected chi connectivity index (χ4v) is 2.43. The molecule has 1 aromatic carbocycles. The van der Waals surface area contributed by atoms with Gasteiger partial charge in [0, 0.05) is 37.1 Å². The van der Waals surface area contributed by atoms with Crippen molar-refractivity contribution in [2.24, 2.45) is 0 Å². The van der Waals surface area contributed by atoms with E-state index in [9.17, 15) is 10.1 Å². The van der Waals surface area contributed by atoms with E-state index in [0.29, 0.717) is 11.5 Å². The van der Waals surface area contributed by atoms with E-state index in [-0.39, 0.29) is 5.69 Å². The van der Waals surface area contributed by atoms with Gasteiger partial charge >= 0.3 is 0 Å². The molecule has 1 saturated heterocycles. The topological polar surface area (TPSA) is 68.5 Å². The number of anilines is 1. The van der Waals surface area contributed by atoms with Gasteiger partial charge < -0.3 is 9.64 Å². The quantitative estimate of drug-likeness (QED) is 0.636. The molecule has 0 unspecified atom stereocenters. The van der Waals surface area contributed by atoms with Crippen LogP contribution < -0.4 is 9.64 Å². The Hall–Kier alpha value is -2.63. The van der Waals surface area contributed by atoms with Crippen LogP contribution in [0, 0.1) is 10.1 Å². The first-order valence-electron chi connectivity index (χ1n) is 6.85. The standard InChI is InChI=1S/C15H15N3O3/c19-18(20)13-8-12(17-6-1-2-7-17)9-15(10-13)21-14-4-3-5-16-11-14/h3-5,8-11H,1-2,6-7H2. The van der Waals surface area contributed by atoms with Crippen molar-refractivity contribution in [3.8, 4) is 11.5 Å². The summed E-state index contributed by atoms with van der Waals surface area (Å²) in [4.78, 5) is 16.8. The number of non-ortho nitro benzene ring substituents is 1. The third-order valence-electron chi connectivity index (χ3n) is 3.43. The average molecular weight is 285 g/mol. The largest absolute Gasteiger partial charge is 0.455 e. The van der Waals surface area contributed by atoms with Gasteiger partial charge in [-0.05, 0) is 25.0 Å². The predicted octanol–water partition coefficient (Wildman–Crippen LogP) is 3.38. The van der Waals surface area contributed by atoms with Gasteiger partial charge in [-0.3, -0.25) is 15.1 Å². The molecular formula is C15H15N3O3. The number of nitrogens with zero attached hydrogens (tertiary/aromatic N) is 3. The van der Waals surface area contributed by atoms with Crippen LogP contribution in [-0.4, -0.2) is 23.0 Å². The Labute approximate surface area is 122 Å². The van der Waals surface area contributed by atoms with Crippen LogP contribution in [0.1, 0.15) is 12.8 Å². The van der Waals surface area contributed by atoms with E-state index >= 15 is 0 Å². The fourth-order valence-electron chi connectivity index (χ4n) is 2.43. The lowest BCUT2D eigenvalue weighted by Crippen LogP contribution is -2.17. The minimum absolute atomic E-state index is 0.0401. The minimum atomic E-state index is -0.393. The van der Waals surface area contributed by atoms with Gasteiger partial charge in [0.1, 0.15) is 11.5 Å². The van der Waals surface area contributed by atoms with Crippen LogP contribution >= 0.6 is 0 Å². The molecule has 0 bridgehead atoms. The number of pyridine rings is 1. The zero-order valence-electron chi connectivity index (χ0n) is 11.4. The zero-order chi connectivity index (χ0) is 14.7. The van der Waals surface area contributed by atoms with E-state index in [0.717, 1.165) is 31.6 Å². The van der Waals surface area contributed by atoms with E-state index in [4.69, 9.17) is 4.74 Å². The Morgan fingerprint density at radius 3 is 2.67 bits per heavy atom. The van der Waals surface area contributed by atoms with Crippen LogP contribution in [0.15, 0.2) is 42.7 Å². The van der Waals surface area contributed by atoms with Crippen molar-refractivity contribution in [2.75, 3.05) is 18.0 Å². The van der Waals surface area contributed by atoms with Crippen LogP contribution in [0.4, 0.5) is 11.4 Å². The minimum Gasteiger partial charge on any atom is -0.455 e. The number of hydrogen-bond donors (Lipinski definition) is 0. The summed E-state index contributed by atoms with van der Waals surface area (Å²) in [5.41, 5.74) is 0.874. The molecule has 1 aliphatic heterocycles. The number of hydrogen-bond acceptors (Lipinski definition) is 5. The highest BCUT2D eigenvalue weighted by Crippen LogP contribution is 2.32. The molecule has 0 spiro atoms. The SMILES string of the molecule is O=[N+]([O-])c1cc(Oc2cccnc2)cc(N2CCCC2)c1. The molecule has 0 amide bonds. The molecule has 1 aliphatic rings. The van der Waals surface area contributed by atoms with E-state index in [1.54, 1.807) is 30.6 Å². The molecule has 3 rings (SSSR count). The lowest BCUT2D eigenvalue weighted by Gasteiger charge is -2.18. The Balaban J connectivity index is 1.93. The molecule has 1 fully saturated rings. The van der Waals surface area contributed by atoms with Crippen LogP contribution in [0.25, 0.3) is 0 Å². The highest BCUT2D eigenvalue weighted by molar-refractivity contribution is 5.59. The zero-order valence-corrected chi connectivity index (χ0v) is 11.4. The third kappa shape index (κ3) is 3.10. The van der Waals surface area contributed by atoms with E-state index in [1.165, 1.54) is 6.07 Å². The fraction of sp³-hybridized carbons (Fsp3) is 0.267. The molecule has 2 heterocycles. The maximum absolute atomic E-state index is 11.1. The second-order valence-corrected chi connectivity index (χ2v) is 4.93. The van der Waals surface area contributed by atoms with Crippen molar-refractivity contribution in [2.45, 2.75) is 12.8 Å².